The largest absolute Gasteiger partial charge is 0.382 e. The molecule has 1 saturated carbocycles. The maximum absolute atomic E-state index is 13.3. The van der Waals surface area contributed by atoms with Crippen molar-refractivity contribution in [1.82, 2.24) is 0 Å². The number of anilines is 1. The molecule has 0 spiro atoms. The minimum Gasteiger partial charge on any atom is -0.382 e. The first-order chi connectivity index (χ1) is 10.2. The second kappa shape index (κ2) is 6.30. The summed E-state index contributed by atoms with van der Waals surface area (Å²) in [7, 11) is 0. The molecule has 0 aromatic heterocycles. The molecule has 110 valence electrons. The molecule has 1 aliphatic carbocycles. The zero-order valence-electron chi connectivity index (χ0n) is 12.5. The molecule has 3 rings (SSSR count). The van der Waals surface area contributed by atoms with E-state index in [0.29, 0.717) is 12.0 Å². The predicted octanol–water partition coefficient (Wildman–Crippen LogP) is 5.27. The maximum atomic E-state index is 13.3. The van der Waals surface area contributed by atoms with Crippen LogP contribution in [0.15, 0.2) is 48.5 Å². The van der Waals surface area contributed by atoms with Crippen LogP contribution >= 0.6 is 0 Å². The van der Waals surface area contributed by atoms with Gasteiger partial charge in [0.05, 0.1) is 0 Å². The lowest BCUT2D eigenvalue weighted by Crippen LogP contribution is -2.25. The molecule has 2 aromatic carbocycles. The van der Waals surface area contributed by atoms with E-state index in [4.69, 9.17) is 0 Å². The SMILES string of the molecule is Cc1ccc(F)cc1NC1CCC(c2ccccc2)CC1. The summed E-state index contributed by atoms with van der Waals surface area (Å²) in [5.74, 6) is 0.513. The zero-order valence-corrected chi connectivity index (χ0v) is 12.5. The Hall–Kier alpha value is -1.83. The third-order valence-electron chi connectivity index (χ3n) is 4.56. The van der Waals surface area contributed by atoms with Crippen LogP contribution in [0, 0.1) is 12.7 Å². The molecule has 0 atom stereocenters. The van der Waals surface area contributed by atoms with Gasteiger partial charge in [-0.1, -0.05) is 36.4 Å². The normalized spacial score (nSPS) is 22.0. The van der Waals surface area contributed by atoms with Crippen LogP contribution in [0.5, 0.6) is 0 Å². The summed E-state index contributed by atoms with van der Waals surface area (Å²) in [5.41, 5.74) is 3.51. The van der Waals surface area contributed by atoms with Gasteiger partial charge in [-0.05, 0) is 61.8 Å². The van der Waals surface area contributed by atoms with E-state index in [2.05, 4.69) is 35.6 Å². The number of benzene rings is 2. The summed E-state index contributed by atoms with van der Waals surface area (Å²) in [5, 5.41) is 3.52. The standard InChI is InChI=1S/C19H22FN/c1-14-7-10-17(20)13-19(14)21-18-11-8-16(9-12-18)15-5-3-2-4-6-15/h2-7,10,13,16,18,21H,8-9,11-12H2,1H3. The quantitative estimate of drug-likeness (QED) is 0.809. The van der Waals surface area contributed by atoms with Gasteiger partial charge in [0.1, 0.15) is 5.82 Å². The Kier molecular flexibility index (Phi) is 4.23. The first-order valence-corrected chi connectivity index (χ1v) is 7.80. The van der Waals surface area contributed by atoms with Crippen LogP contribution in [-0.2, 0) is 0 Å². The molecule has 1 N–H and O–H groups in total. The fourth-order valence-electron chi connectivity index (χ4n) is 3.27. The van der Waals surface area contributed by atoms with E-state index in [9.17, 15) is 4.39 Å². The Morgan fingerprint density at radius 2 is 1.67 bits per heavy atom. The number of rotatable bonds is 3. The van der Waals surface area contributed by atoms with E-state index < -0.39 is 0 Å². The monoisotopic (exact) mass is 283 g/mol. The summed E-state index contributed by atoms with van der Waals surface area (Å²) >= 11 is 0. The molecule has 21 heavy (non-hydrogen) atoms. The fourth-order valence-corrected chi connectivity index (χ4v) is 3.27. The molecule has 0 radical (unpaired) electrons. The van der Waals surface area contributed by atoms with Crippen molar-refractivity contribution in [3.63, 3.8) is 0 Å². The molecule has 0 unspecified atom stereocenters. The number of halogens is 1. The third kappa shape index (κ3) is 3.44. The summed E-state index contributed by atoms with van der Waals surface area (Å²) < 4.78 is 13.3. The second-order valence-corrected chi connectivity index (χ2v) is 6.06. The highest BCUT2D eigenvalue weighted by molar-refractivity contribution is 5.51. The van der Waals surface area contributed by atoms with Crippen molar-refractivity contribution < 1.29 is 4.39 Å². The summed E-state index contributed by atoms with van der Waals surface area (Å²) in [4.78, 5) is 0. The average molecular weight is 283 g/mol. The topological polar surface area (TPSA) is 12.0 Å². The molecular formula is C19H22FN. The van der Waals surface area contributed by atoms with Crippen LogP contribution in [0.2, 0.25) is 0 Å². The lowest BCUT2D eigenvalue weighted by atomic mass is 9.81. The smallest absolute Gasteiger partial charge is 0.125 e. The van der Waals surface area contributed by atoms with Gasteiger partial charge in [-0.25, -0.2) is 4.39 Å². The van der Waals surface area contributed by atoms with Crippen LogP contribution in [0.4, 0.5) is 10.1 Å². The molecule has 0 bridgehead atoms. The molecule has 2 aromatic rings. The van der Waals surface area contributed by atoms with Gasteiger partial charge >= 0.3 is 0 Å². The highest BCUT2D eigenvalue weighted by Crippen LogP contribution is 2.34. The highest BCUT2D eigenvalue weighted by Gasteiger charge is 2.22. The van der Waals surface area contributed by atoms with Gasteiger partial charge in [-0.2, -0.15) is 0 Å². The van der Waals surface area contributed by atoms with Crippen LogP contribution in [0.1, 0.15) is 42.7 Å². The summed E-state index contributed by atoms with van der Waals surface area (Å²) in [6.07, 6.45) is 4.71. The first kappa shape index (κ1) is 14.1. The number of hydrogen-bond acceptors (Lipinski definition) is 1. The molecular weight excluding hydrogens is 261 g/mol. The Morgan fingerprint density at radius 3 is 2.38 bits per heavy atom. The van der Waals surface area contributed by atoms with Crippen molar-refractivity contribution in [3.8, 4) is 0 Å². The summed E-state index contributed by atoms with van der Waals surface area (Å²) in [6.45, 7) is 2.03. The van der Waals surface area contributed by atoms with Crippen LogP contribution in [0.3, 0.4) is 0 Å². The molecule has 1 aliphatic rings. The zero-order chi connectivity index (χ0) is 14.7. The molecule has 0 heterocycles. The lowest BCUT2D eigenvalue weighted by molar-refractivity contribution is 0.412. The number of aryl methyl sites for hydroxylation is 1. The van der Waals surface area contributed by atoms with Crippen LogP contribution in [0.25, 0.3) is 0 Å². The predicted molar refractivity (Wildman–Crippen MR) is 86.2 cm³/mol. The number of nitrogens with one attached hydrogen (secondary N) is 1. The van der Waals surface area contributed by atoms with E-state index in [1.807, 2.05) is 13.0 Å². The van der Waals surface area contributed by atoms with E-state index in [1.54, 1.807) is 6.07 Å². The molecule has 1 fully saturated rings. The van der Waals surface area contributed by atoms with Gasteiger partial charge in [-0.3, -0.25) is 0 Å². The van der Waals surface area contributed by atoms with Crippen molar-refractivity contribution in [2.45, 2.75) is 44.6 Å². The summed E-state index contributed by atoms with van der Waals surface area (Å²) in [6, 6.07) is 16.2. The molecule has 0 amide bonds. The molecule has 2 heteroatoms. The van der Waals surface area contributed by atoms with Gasteiger partial charge in [0, 0.05) is 11.7 Å². The van der Waals surface area contributed by atoms with Gasteiger partial charge in [-0.15, -0.1) is 0 Å². The maximum Gasteiger partial charge on any atom is 0.125 e. The van der Waals surface area contributed by atoms with Gasteiger partial charge in [0.15, 0.2) is 0 Å². The van der Waals surface area contributed by atoms with Crippen LogP contribution in [-0.4, -0.2) is 6.04 Å². The minimum absolute atomic E-state index is 0.166. The van der Waals surface area contributed by atoms with Gasteiger partial charge in [0.2, 0.25) is 0 Å². The second-order valence-electron chi connectivity index (χ2n) is 6.06. The van der Waals surface area contributed by atoms with Crippen molar-refractivity contribution >= 4 is 5.69 Å². The third-order valence-corrected chi connectivity index (χ3v) is 4.56. The van der Waals surface area contributed by atoms with Crippen molar-refractivity contribution in [2.75, 3.05) is 5.32 Å². The lowest BCUT2D eigenvalue weighted by Gasteiger charge is -2.30. The van der Waals surface area contributed by atoms with E-state index >= 15 is 0 Å². The molecule has 0 saturated heterocycles. The van der Waals surface area contributed by atoms with E-state index in [0.717, 1.165) is 24.1 Å². The number of hydrogen-bond donors (Lipinski definition) is 1. The fraction of sp³-hybridized carbons (Fsp3) is 0.368. The van der Waals surface area contributed by atoms with Crippen molar-refractivity contribution in [2.24, 2.45) is 0 Å². The molecule has 1 nitrogen and oxygen atoms in total. The molecule has 0 aliphatic heterocycles. The van der Waals surface area contributed by atoms with Crippen molar-refractivity contribution in [3.05, 3.63) is 65.5 Å². The van der Waals surface area contributed by atoms with Gasteiger partial charge < -0.3 is 5.32 Å². The van der Waals surface area contributed by atoms with E-state index in [-0.39, 0.29) is 5.82 Å². The van der Waals surface area contributed by atoms with Crippen LogP contribution < -0.4 is 5.32 Å². The Bertz CT molecular complexity index is 586. The minimum atomic E-state index is -0.166. The Labute approximate surface area is 126 Å². The first-order valence-electron chi connectivity index (χ1n) is 7.80. The van der Waals surface area contributed by atoms with E-state index in [1.165, 1.54) is 24.5 Å². The van der Waals surface area contributed by atoms with Crippen molar-refractivity contribution in [1.29, 1.82) is 0 Å². The Morgan fingerprint density at radius 1 is 0.952 bits per heavy atom. The highest BCUT2D eigenvalue weighted by atomic mass is 19.1. The average Bonchev–Trinajstić information content (AvgIpc) is 2.53. The van der Waals surface area contributed by atoms with Gasteiger partial charge in [0.25, 0.3) is 0 Å². The Balaban J connectivity index is 1.60.